The fourth-order valence-electron chi connectivity index (χ4n) is 2.52. The lowest BCUT2D eigenvalue weighted by molar-refractivity contribution is -0.138. The van der Waals surface area contributed by atoms with Crippen molar-refractivity contribution in [1.82, 2.24) is 10.3 Å². The van der Waals surface area contributed by atoms with E-state index in [1.165, 1.54) is 0 Å². The molecule has 0 amide bonds. The maximum absolute atomic E-state index is 12.3. The van der Waals surface area contributed by atoms with E-state index in [9.17, 15) is 13.2 Å². The van der Waals surface area contributed by atoms with Crippen LogP contribution in [-0.2, 0) is 0 Å². The van der Waals surface area contributed by atoms with Crippen LogP contribution in [0.25, 0.3) is 0 Å². The van der Waals surface area contributed by atoms with Crippen LogP contribution in [-0.4, -0.2) is 35.7 Å². The van der Waals surface area contributed by atoms with E-state index >= 15 is 0 Å². The SMILES string of the molecule is CCN(CC)C(C)(CC)C(CCC(F)(F)F)NN. The van der Waals surface area contributed by atoms with Crippen LogP contribution in [0.4, 0.5) is 13.2 Å². The minimum absolute atomic E-state index is 0.000833. The molecule has 3 nitrogen and oxygen atoms in total. The van der Waals surface area contributed by atoms with Crippen molar-refractivity contribution in [2.24, 2.45) is 5.84 Å². The number of nitrogens with one attached hydrogen (secondary N) is 1. The summed E-state index contributed by atoms with van der Waals surface area (Å²) in [5, 5.41) is 0. The third-order valence-corrected chi connectivity index (χ3v) is 3.87. The van der Waals surface area contributed by atoms with Crippen LogP contribution in [0.3, 0.4) is 0 Å². The fraction of sp³-hybridized carbons (Fsp3) is 1.00. The number of hydrogen-bond acceptors (Lipinski definition) is 3. The summed E-state index contributed by atoms with van der Waals surface area (Å²) >= 11 is 0. The number of rotatable bonds is 8. The van der Waals surface area contributed by atoms with E-state index in [0.29, 0.717) is 0 Å². The molecule has 0 aromatic carbocycles. The molecule has 0 aromatic rings. The second-order valence-electron chi connectivity index (χ2n) is 4.76. The summed E-state index contributed by atoms with van der Waals surface area (Å²) < 4.78 is 37.0. The number of halogens is 3. The monoisotopic (exact) mass is 269 g/mol. The Bertz CT molecular complexity index is 229. The van der Waals surface area contributed by atoms with Gasteiger partial charge < -0.3 is 0 Å². The Kier molecular flexibility index (Phi) is 7.17. The molecule has 0 spiro atoms. The number of nitrogens with zero attached hydrogens (tertiary/aromatic N) is 1. The Morgan fingerprint density at radius 2 is 1.67 bits per heavy atom. The maximum Gasteiger partial charge on any atom is 0.389 e. The summed E-state index contributed by atoms with van der Waals surface area (Å²) in [6.07, 6.45) is -4.19. The quantitative estimate of drug-likeness (QED) is 0.526. The fourth-order valence-corrected chi connectivity index (χ4v) is 2.52. The highest BCUT2D eigenvalue weighted by atomic mass is 19.4. The first-order valence-electron chi connectivity index (χ1n) is 6.53. The van der Waals surface area contributed by atoms with Gasteiger partial charge in [0.25, 0.3) is 0 Å². The molecule has 0 saturated carbocycles. The molecule has 3 N–H and O–H groups in total. The lowest BCUT2D eigenvalue weighted by atomic mass is 9.84. The highest BCUT2D eigenvalue weighted by Gasteiger charge is 2.38. The van der Waals surface area contributed by atoms with Gasteiger partial charge in [0.15, 0.2) is 0 Å². The molecule has 0 aliphatic carbocycles. The molecule has 0 aliphatic heterocycles. The third-order valence-electron chi connectivity index (χ3n) is 3.87. The first-order chi connectivity index (χ1) is 8.25. The van der Waals surface area contributed by atoms with E-state index < -0.39 is 12.6 Å². The number of hydrogen-bond donors (Lipinski definition) is 2. The summed E-state index contributed by atoms with van der Waals surface area (Å²) in [6.45, 7) is 9.57. The Morgan fingerprint density at radius 3 is 1.94 bits per heavy atom. The minimum atomic E-state index is -4.13. The second kappa shape index (κ2) is 7.31. The van der Waals surface area contributed by atoms with Gasteiger partial charge in [0.1, 0.15) is 0 Å². The predicted octanol–water partition coefficient (Wildman–Crippen LogP) is 2.67. The van der Waals surface area contributed by atoms with Gasteiger partial charge in [-0.2, -0.15) is 13.2 Å². The molecule has 0 aromatic heterocycles. The average Bonchev–Trinajstić information content (AvgIpc) is 2.29. The van der Waals surface area contributed by atoms with Crippen LogP contribution < -0.4 is 11.3 Å². The molecule has 110 valence electrons. The lowest BCUT2D eigenvalue weighted by Gasteiger charge is -2.45. The topological polar surface area (TPSA) is 41.3 Å². The van der Waals surface area contributed by atoms with E-state index in [-0.39, 0.29) is 18.0 Å². The molecule has 0 bridgehead atoms. The van der Waals surface area contributed by atoms with E-state index in [2.05, 4.69) is 10.3 Å². The van der Waals surface area contributed by atoms with Crippen molar-refractivity contribution < 1.29 is 13.2 Å². The van der Waals surface area contributed by atoms with Crippen LogP contribution in [0.1, 0.15) is 47.0 Å². The van der Waals surface area contributed by atoms with E-state index in [1.807, 2.05) is 27.7 Å². The van der Waals surface area contributed by atoms with Gasteiger partial charge in [0.2, 0.25) is 0 Å². The third kappa shape index (κ3) is 4.74. The minimum Gasteiger partial charge on any atom is -0.297 e. The number of alkyl halides is 3. The van der Waals surface area contributed by atoms with Gasteiger partial charge in [-0.15, -0.1) is 0 Å². The van der Waals surface area contributed by atoms with Crippen LogP contribution in [0, 0.1) is 0 Å². The summed E-state index contributed by atoms with van der Waals surface area (Å²) in [7, 11) is 0. The Hall–Kier alpha value is -0.330. The van der Waals surface area contributed by atoms with Gasteiger partial charge in [0, 0.05) is 18.0 Å². The van der Waals surface area contributed by atoms with Crippen molar-refractivity contribution in [3.63, 3.8) is 0 Å². The van der Waals surface area contributed by atoms with Crippen molar-refractivity contribution in [2.75, 3.05) is 13.1 Å². The van der Waals surface area contributed by atoms with Gasteiger partial charge in [-0.25, -0.2) is 0 Å². The molecule has 0 fully saturated rings. The van der Waals surface area contributed by atoms with Gasteiger partial charge >= 0.3 is 6.18 Å². The normalized spacial score (nSPS) is 17.8. The van der Waals surface area contributed by atoms with Crippen LogP contribution in [0.15, 0.2) is 0 Å². The summed E-state index contributed by atoms with van der Waals surface area (Å²) in [6, 6.07) is -0.371. The molecule has 0 aliphatic rings. The molecule has 0 rings (SSSR count). The molecular weight excluding hydrogens is 243 g/mol. The standard InChI is InChI=1S/C12H26F3N3/c1-5-11(4,18(6-2)7-3)10(17-16)8-9-12(13,14)15/h10,17H,5-9,16H2,1-4H3. The van der Waals surface area contributed by atoms with Crippen LogP contribution >= 0.6 is 0 Å². The maximum atomic E-state index is 12.3. The molecule has 0 radical (unpaired) electrons. The van der Waals surface area contributed by atoms with E-state index in [4.69, 9.17) is 5.84 Å². The molecule has 6 heteroatoms. The average molecular weight is 269 g/mol. The van der Waals surface area contributed by atoms with Crippen molar-refractivity contribution in [3.05, 3.63) is 0 Å². The summed E-state index contributed by atoms with van der Waals surface area (Å²) in [4.78, 5) is 2.16. The lowest BCUT2D eigenvalue weighted by Crippen LogP contribution is -2.61. The highest BCUT2D eigenvalue weighted by molar-refractivity contribution is 4.95. The van der Waals surface area contributed by atoms with Gasteiger partial charge in [0.05, 0.1) is 0 Å². The van der Waals surface area contributed by atoms with Crippen molar-refractivity contribution in [1.29, 1.82) is 0 Å². The number of nitrogens with two attached hydrogens (primary N) is 1. The largest absolute Gasteiger partial charge is 0.389 e. The van der Waals surface area contributed by atoms with Crippen molar-refractivity contribution in [2.45, 2.75) is 64.7 Å². The molecule has 0 heterocycles. The molecular formula is C12H26F3N3. The molecule has 18 heavy (non-hydrogen) atoms. The predicted molar refractivity (Wildman–Crippen MR) is 68.0 cm³/mol. The molecule has 2 atom stereocenters. The zero-order valence-electron chi connectivity index (χ0n) is 11.8. The molecule has 0 saturated heterocycles. The van der Waals surface area contributed by atoms with Crippen LogP contribution in [0.5, 0.6) is 0 Å². The van der Waals surface area contributed by atoms with Crippen molar-refractivity contribution in [3.8, 4) is 0 Å². The summed E-state index contributed by atoms with van der Waals surface area (Å²) in [5.74, 6) is 5.47. The zero-order valence-corrected chi connectivity index (χ0v) is 11.8. The Morgan fingerprint density at radius 1 is 1.17 bits per heavy atom. The second-order valence-corrected chi connectivity index (χ2v) is 4.76. The highest BCUT2D eigenvalue weighted by Crippen LogP contribution is 2.29. The molecule has 2 unspecified atom stereocenters. The van der Waals surface area contributed by atoms with Gasteiger partial charge in [-0.1, -0.05) is 20.8 Å². The number of likely N-dealkylation sites (N-methyl/N-ethyl adjacent to an activating group) is 1. The van der Waals surface area contributed by atoms with E-state index in [0.717, 1.165) is 19.5 Å². The summed E-state index contributed by atoms with van der Waals surface area (Å²) in [5.41, 5.74) is 2.22. The van der Waals surface area contributed by atoms with Gasteiger partial charge in [-0.05, 0) is 32.9 Å². The van der Waals surface area contributed by atoms with Crippen molar-refractivity contribution >= 4 is 0 Å². The van der Waals surface area contributed by atoms with E-state index in [1.54, 1.807) is 0 Å². The first kappa shape index (κ1) is 17.7. The van der Waals surface area contributed by atoms with Gasteiger partial charge in [-0.3, -0.25) is 16.2 Å². The zero-order chi connectivity index (χ0) is 14.4. The van der Waals surface area contributed by atoms with Crippen LogP contribution in [0.2, 0.25) is 0 Å². The number of hydrazine groups is 1. The smallest absolute Gasteiger partial charge is 0.297 e. The first-order valence-corrected chi connectivity index (χ1v) is 6.53. The Labute approximate surface area is 108 Å². The Balaban J connectivity index is 4.84.